The molecule has 0 saturated carbocycles. The first-order valence-electron chi connectivity index (χ1n) is 5.69. The molecule has 1 aromatic carbocycles. The van der Waals surface area contributed by atoms with Gasteiger partial charge in [-0.05, 0) is 12.1 Å². The fraction of sp³-hybridized carbons (Fsp3) is 0.333. The van der Waals surface area contributed by atoms with Gasteiger partial charge in [-0.3, -0.25) is 19.7 Å². The van der Waals surface area contributed by atoms with Crippen LogP contribution in [0.15, 0.2) is 18.2 Å². The molecule has 0 aromatic heterocycles. The molecule has 108 valence electrons. The Bertz CT molecular complexity index is 544. The minimum absolute atomic E-state index is 0.128. The number of hydrogen-bond acceptors (Lipinski definition) is 6. The van der Waals surface area contributed by atoms with E-state index in [1.54, 1.807) is 0 Å². The van der Waals surface area contributed by atoms with Crippen LogP contribution in [0.2, 0.25) is 0 Å². The van der Waals surface area contributed by atoms with E-state index in [4.69, 9.17) is 0 Å². The van der Waals surface area contributed by atoms with E-state index >= 15 is 0 Å². The topological polar surface area (TPSA) is 102 Å². The number of benzene rings is 1. The summed E-state index contributed by atoms with van der Waals surface area (Å²) >= 11 is 0. The van der Waals surface area contributed by atoms with Crippen molar-refractivity contribution in [1.82, 2.24) is 5.32 Å². The summed E-state index contributed by atoms with van der Waals surface area (Å²) in [6, 6.07) is 4.04. The fourth-order valence-corrected chi connectivity index (χ4v) is 1.62. The van der Waals surface area contributed by atoms with Gasteiger partial charge in [-0.15, -0.1) is 0 Å². The highest BCUT2D eigenvalue weighted by atomic mass is 16.6. The number of carbonyl (C=O) groups is 2. The number of nitro benzene ring substituents is 1. The van der Waals surface area contributed by atoms with Gasteiger partial charge >= 0.3 is 5.97 Å². The quantitative estimate of drug-likeness (QED) is 0.481. The molecule has 0 heterocycles. The smallest absolute Gasteiger partial charge is 0.325 e. The Morgan fingerprint density at radius 2 is 2.10 bits per heavy atom. The molecule has 0 aliphatic rings. The van der Waals surface area contributed by atoms with Crippen LogP contribution in [0, 0.1) is 10.1 Å². The third-order valence-corrected chi connectivity index (χ3v) is 2.67. The molecule has 1 amide bonds. The van der Waals surface area contributed by atoms with Gasteiger partial charge in [0.2, 0.25) is 0 Å². The second kappa shape index (κ2) is 6.50. The van der Waals surface area contributed by atoms with E-state index in [0.717, 1.165) is 0 Å². The summed E-state index contributed by atoms with van der Waals surface area (Å²) in [5.41, 5.74) is 0.153. The molecule has 8 heteroatoms. The zero-order valence-electron chi connectivity index (χ0n) is 11.4. The predicted octanol–water partition coefficient (Wildman–Crippen LogP) is 0.564. The monoisotopic (exact) mass is 281 g/mol. The lowest BCUT2D eigenvalue weighted by atomic mass is 10.1. The maximum Gasteiger partial charge on any atom is 0.325 e. The van der Waals surface area contributed by atoms with E-state index in [-0.39, 0.29) is 23.5 Å². The highest BCUT2D eigenvalue weighted by Crippen LogP contribution is 2.28. The Kier molecular flexibility index (Phi) is 5.01. The molecule has 8 nitrogen and oxygen atoms in total. The number of likely N-dealkylation sites (N-methyl/N-ethyl adjacent to an activating group) is 1. The lowest BCUT2D eigenvalue weighted by Gasteiger charge is -2.17. The summed E-state index contributed by atoms with van der Waals surface area (Å²) in [5, 5.41) is 13.5. The van der Waals surface area contributed by atoms with Crippen LogP contribution >= 0.6 is 0 Å². The molecule has 1 N–H and O–H groups in total. The van der Waals surface area contributed by atoms with Crippen LogP contribution < -0.4 is 10.2 Å². The van der Waals surface area contributed by atoms with Gasteiger partial charge in [0.05, 0.1) is 12.0 Å². The average molecular weight is 281 g/mol. The summed E-state index contributed by atoms with van der Waals surface area (Å²) in [7, 11) is 4.20. The summed E-state index contributed by atoms with van der Waals surface area (Å²) in [5.74, 6) is -0.938. The lowest BCUT2D eigenvalue weighted by molar-refractivity contribution is -0.384. The first-order valence-corrected chi connectivity index (χ1v) is 5.69. The summed E-state index contributed by atoms with van der Waals surface area (Å²) < 4.78 is 4.51. The Balaban J connectivity index is 3.16. The summed E-state index contributed by atoms with van der Waals surface area (Å²) in [4.78, 5) is 34.5. The molecule has 0 saturated heterocycles. The Morgan fingerprint density at radius 3 is 2.60 bits per heavy atom. The molecule has 1 aromatic rings. The number of rotatable bonds is 5. The molecule has 0 unspecified atom stereocenters. The average Bonchev–Trinajstić information content (AvgIpc) is 2.45. The fourth-order valence-electron chi connectivity index (χ4n) is 1.62. The zero-order chi connectivity index (χ0) is 15.3. The zero-order valence-corrected chi connectivity index (χ0v) is 11.4. The summed E-state index contributed by atoms with van der Waals surface area (Å²) in [6.45, 7) is -0.128. The molecule has 0 atom stereocenters. The maximum absolute atomic E-state index is 11.5. The van der Waals surface area contributed by atoms with Crippen LogP contribution in [0.25, 0.3) is 0 Å². The number of nitrogens with zero attached hydrogens (tertiary/aromatic N) is 2. The first kappa shape index (κ1) is 15.4. The van der Waals surface area contributed by atoms with Crippen LogP contribution in [-0.4, -0.2) is 44.5 Å². The number of methoxy groups -OCH3 is 1. The molecule has 0 radical (unpaired) electrons. The number of anilines is 1. The first-order chi connectivity index (χ1) is 9.40. The van der Waals surface area contributed by atoms with Crippen molar-refractivity contribution >= 4 is 23.3 Å². The Morgan fingerprint density at radius 1 is 1.45 bits per heavy atom. The molecule has 0 aliphatic heterocycles. The second-order valence-electron chi connectivity index (χ2n) is 3.97. The van der Waals surface area contributed by atoms with Crippen molar-refractivity contribution in [2.75, 3.05) is 32.6 Å². The van der Waals surface area contributed by atoms with Gasteiger partial charge in [0.15, 0.2) is 0 Å². The van der Waals surface area contributed by atoms with Crippen LogP contribution in [0.5, 0.6) is 0 Å². The normalized spacial score (nSPS) is 9.75. The van der Waals surface area contributed by atoms with E-state index in [0.29, 0.717) is 0 Å². The lowest BCUT2D eigenvalue weighted by Crippen LogP contribution is -2.27. The van der Waals surface area contributed by atoms with Gasteiger partial charge in [-0.2, -0.15) is 0 Å². The molecule has 0 bridgehead atoms. The van der Waals surface area contributed by atoms with Gasteiger partial charge in [-0.1, -0.05) is 0 Å². The molecule has 1 rings (SSSR count). The van der Waals surface area contributed by atoms with E-state index in [1.165, 1.54) is 44.3 Å². The minimum atomic E-state index is -0.602. The maximum atomic E-state index is 11.5. The Hall–Kier alpha value is -2.64. The molecular formula is C12H15N3O5. The van der Waals surface area contributed by atoms with Crippen LogP contribution in [0.4, 0.5) is 11.4 Å². The standard InChI is InChI=1S/C12H15N3O5/c1-13-12(17)8-4-5-9(10(6-8)15(18)19)14(2)7-11(16)20-3/h4-6H,7H2,1-3H3,(H,13,17). The van der Waals surface area contributed by atoms with E-state index in [2.05, 4.69) is 10.1 Å². The Labute approximate surface area is 115 Å². The number of ether oxygens (including phenoxy) is 1. The highest BCUT2D eigenvalue weighted by Gasteiger charge is 2.21. The van der Waals surface area contributed by atoms with Crippen LogP contribution in [-0.2, 0) is 9.53 Å². The molecule has 0 fully saturated rings. The predicted molar refractivity (Wildman–Crippen MR) is 71.8 cm³/mol. The van der Waals surface area contributed by atoms with Gasteiger partial charge in [0.25, 0.3) is 11.6 Å². The van der Waals surface area contributed by atoms with E-state index in [1.807, 2.05) is 0 Å². The van der Waals surface area contributed by atoms with Gasteiger partial charge in [0.1, 0.15) is 12.2 Å². The van der Waals surface area contributed by atoms with Crippen molar-refractivity contribution < 1.29 is 19.2 Å². The second-order valence-corrected chi connectivity index (χ2v) is 3.97. The van der Waals surface area contributed by atoms with Crippen molar-refractivity contribution in [1.29, 1.82) is 0 Å². The van der Waals surface area contributed by atoms with Crippen LogP contribution in [0.3, 0.4) is 0 Å². The minimum Gasteiger partial charge on any atom is -0.468 e. The van der Waals surface area contributed by atoms with Gasteiger partial charge in [0, 0.05) is 25.7 Å². The van der Waals surface area contributed by atoms with Crippen molar-refractivity contribution in [3.05, 3.63) is 33.9 Å². The number of carbonyl (C=O) groups excluding carboxylic acids is 2. The summed E-state index contributed by atoms with van der Waals surface area (Å²) in [6.07, 6.45) is 0. The third kappa shape index (κ3) is 3.44. The third-order valence-electron chi connectivity index (χ3n) is 2.67. The van der Waals surface area contributed by atoms with Crippen molar-refractivity contribution in [3.8, 4) is 0 Å². The van der Waals surface area contributed by atoms with E-state index < -0.39 is 16.8 Å². The SMILES string of the molecule is CNC(=O)c1ccc(N(C)CC(=O)OC)c([N+](=O)[O-])c1. The number of hydrogen-bond donors (Lipinski definition) is 1. The van der Waals surface area contributed by atoms with E-state index in [9.17, 15) is 19.7 Å². The molecule has 0 aliphatic carbocycles. The number of esters is 1. The van der Waals surface area contributed by atoms with Crippen LogP contribution in [0.1, 0.15) is 10.4 Å². The number of nitrogens with one attached hydrogen (secondary N) is 1. The van der Waals surface area contributed by atoms with Crippen molar-refractivity contribution in [2.24, 2.45) is 0 Å². The largest absolute Gasteiger partial charge is 0.468 e. The van der Waals surface area contributed by atoms with Gasteiger partial charge < -0.3 is 15.0 Å². The molecule has 0 spiro atoms. The van der Waals surface area contributed by atoms with Crippen molar-refractivity contribution in [2.45, 2.75) is 0 Å². The highest BCUT2D eigenvalue weighted by molar-refractivity contribution is 5.95. The number of amides is 1. The van der Waals surface area contributed by atoms with Gasteiger partial charge in [-0.25, -0.2) is 0 Å². The molecule has 20 heavy (non-hydrogen) atoms. The van der Waals surface area contributed by atoms with Crippen molar-refractivity contribution in [3.63, 3.8) is 0 Å². The molecular weight excluding hydrogens is 266 g/mol. The number of nitro groups is 1.